The minimum atomic E-state index is -0.519. The van der Waals surface area contributed by atoms with Crippen LogP contribution in [0.15, 0.2) is 34.9 Å². The van der Waals surface area contributed by atoms with Crippen molar-refractivity contribution in [2.75, 3.05) is 12.9 Å². The Bertz CT molecular complexity index is 682. The highest BCUT2D eigenvalue weighted by Crippen LogP contribution is 2.36. The molecule has 22 heavy (non-hydrogen) atoms. The Morgan fingerprint density at radius 1 is 1.59 bits per heavy atom. The number of amides is 1. The molecule has 5 nitrogen and oxygen atoms in total. The lowest BCUT2D eigenvalue weighted by atomic mass is 9.87. The van der Waals surface area contributed by atoms with E-state index in [0.717, 1.165) is 11.8 Å². The van der Waals surface area contributed by atoms with E-state index in [1.54, 1.807) is 6.07 Å². The first kappa shape index (κ1) is 16.0. The van der Waals surface area contributed by atoms with Crippen LogP contribution in [0.4, 0.5) is 4.39 Å². The lowest BCUT2D eigenvalue weighted by Gasteiger charge is -2.24. The second-order valence-corrected chi connectivity index (χ2v) is 5.56. The van der Waals surface area contributed by atoms with E-state index in [4.69, 9.17) is 0 Å². The number of ether oxygens (including phenoxy) is 1. The summed E-state index contributed by atoms with van der Waals surface area (Å²) in [6, 6.07) is 7.87. The summed E-state index contributed by atoms with van der Waals surface area (Å²) in [6.07, 6.45) is 0.0641. The van der Waals surface area contributed by atoms with Gasteiger partial charge in [0.1, 0.15) is 5.82 Å². The van der Waals surface area contributed by atoms with E-state index in [1.165, 1.54) is 25.3 Å². The van der Waals surface area contributed by atoms with Crippen molar-refractivity contribution in [3.05, 3.63) is 46.2 Å². The van der Waals surface area contributed by atoms with E-state index < -0.39 is 17.7 Å². The van der Waals surface area contributed by atoms with Crippen molar-refractivity contribution in [2.24, 2.45) is 0 Å². The molecule has 0 saturated carbocycles. The molecule has 1 aliphatic rings. The molecule has 0 saturated heterocycles. The number of hydrogen-bond acceptors (Lipinski definition) is 5. The molecule has 0 aliphatic carbocycles. The molecule has 0 spiro atoms. The number of carbonyl (C=O) groups is 2. The van der Waals surface area contributed by atoms with Gasteiger partial charge in [0.15, 0.2) is 0 Å². The first-order valence-electron chi connectivity index (χ1n) is 6.44. The van der Waals surface area contributed by atoms with Crippen LogP contribution in [0, 0.1) is 17.1 Å². The molecule has 7 heteroatoms. The summed E-state index contributed by atoms with van der Waals surface area (Å²) in [5.41, 5.74) is 0.877. The van der Waals surface area contributed by atoms with Crippen LogP contribution in [-0.4, -0.2) is 24.7 Å². The van der Waals surface area contributed by atoms with Gasteiger partial charge in [-0.05, 0) is 17.7 Å². The van der Waals surface area contributed by atoms with E-state index >= 15 is 0 Å². The first-order valence-corrected chi connectivity index (χ1v) is 7.43. The Morgan fingerprint density at radius 3 is 3.00 bits per heavy atom. The summed E-state index contributed by atoms with van der Waals surface area (Å²) in [5, 5.41) is 12.3. The molecule has 1 aromatic carbocycles. The lowest BCUT2D eigenvalue weighted by molar-refractivity contribution is -0.137. The number of hydrogen-bond donors (Lipinski definition) is 1. The quantitative estimate of drug-likeness (QED) is 0.859. The summed E-state index contributed by atoms with van der Waals surface area (Å²) in [5.74, 6) is -1.70. The molecule has 1 amide bonds. The maximum absolute atomic E-state index is 13.4. The van der Waals surface area contributed by atoms with Crippen LogP contribution in [0.3, 0.4) is 0 Å². The van der Waals surface area contributed by atoms with Crippen LogP contribution in [0.1, 0.15) is 17.9 Å². The third kappa shape index (κ3) is 3.65. The number of nitriles is 1. The van der Waals surface area contributed by atoms with Crippen molar-refractivity contribution < 1.29 is 18.7 Å². The van der Waals surface area contributed by atoms with Crippen LogP contribution < -0.4 is 5.32 Å². The zero-order chi connectivity index (χ0) is 16.1. The molecule has 0 radical (unpaired) electrons. The molecule has 2 rings (SSSR count). The molecule has 1 atom stereocenters. The van der Waals surface area contributed by atoms with Crippen molar-refractivity contribution in [3.63, 3.8) is 0 Å². The first-order chi connectivity index (χ1) is 10.5. The molecule has 114 valence electrons. The van der Waals surface area contributed by atoms with Crippen LogP contribution in [0.5, 0.6) is 0 Å². The summed E-state index contributed by atoms with van der Waals surface area (Å²) in [4.78, 5) is 23.1. The molecule has 0 fully saturated rings. The number of benzene rings is 1. The van der Waals surface area contributed by atoms with Gasteiger partial charge in [-0.2, -0.15) is 5.26 Å². The predicted octanol–water partition coefficient (Wildman–Crippen LogP) is 2.07. The second-order valence-electron chi connectivity index (χ2n) is 4.58. The Balaban J connectivity index is 2.34. The zero-order valence-electron chi connectivity index (χ0n) is 11.8. The third-order valence-electron chi connectivity index (χ3n) is 3.17. The fraction of sp³-hybridized carbons (Fsp3) is 0.267. The third-order valence-corrected chi connectivity index (χ3v) is 4.16. The van der Waals surface area contributed by atoms with Crippen molar-refractivity contribution in [1.29, 1.82) is 5.26 Å². The minimum absolute atomic E-state index is 0.0207. The van der Waals surface area contributed by atoms with Gasteiger partial charge < -0.3 is 10.1 Å². The highest BCUT2D eigenvalue weighted by molar-refractivity contribution is 8.03. The molecule has 1 heterocycles. The molecule has 1 aromatic rings. The van der Waals surface area contributed by atoms with Crippen LogP contribution >= 0.6 is 11.8 Å². The van der Waals surface area contributed by atoms with Gasteiger partial charge in [-0.3, -0.25) is 9.59 Å². The zero-order valence-corrected chi connectivity index (χ0v) is 12.6. The van der Waals surface area contributed by atoms with Gasteiger partial charge in [0, 0.05) is 12.3 Å². The normalized spacial score (nSPS) is 17.7. The lowest BCUT2D eigenvalue weighted by Crippen LogP contribution is -2.31. The average molecular weight is 320 g/mol. The highest BCUT2D eigenvalue weighted by atomic mass is 32.2. The summed E-state index contributed by atoms with van der Waals surface area (Å²) in [6.45, 7) is 0. The Labute approximate surface area is 131 Å². The fourth-order valence-electron chi connectivity index (χ4n) is 2.13. The number of nitrogens with zero attached hydrogens (tertiary/aromatic N) is 1. The maximum Gasteiger partial charge on any atom is 0.316 e. The molecular formula is C15H13FN2O3S. The standard InChI is InChI=1S/C15H13FN2O3S/c1-21-14(20)8-22-15-12(7-17)11(6-13(19)18-15)9-3-2-4-10(16)5-9/h2-5,11H,6,8H2,1H3,(H,18,19)/t11-/m0/s1. The smallest absolute Gasteiger partial charge is 0.316 e. The minimum Gasteiger partial charge on any atom is -0.468 e. The Morgan fingerprint density at radius 2 is 2.36 bits per heavy atom. The van der Waals surface area contributed by atoms with Crippen LogP contribution in [-0.2, 0) is 14.3 Å². The number of thioether (sulfide) groups is 1. The number of carbonyl (C=O) groups excluding carboxylic acids is 2. The van der Waals surface area contributed by atoms with Crippen molar-refractivity contribution in [2.45, 2.75) is 12.3 Å². The molecule has 1 aliphatic heterocycles. The Hall–Kier alpha value is -2.33. The SMILES string of the molecule is COC(=O)CSC1=C(C#N)[C@H](c2cccc(F)c2)CC(=O)N1. The van der Waals surface area contributed by atoms with Crippen LogP contribution in [0.25, 0.3) is 0 Å². The van der Waals surface area contributed by atoms with Gasteiger partial charge in [-0.1, -0.05) is 23.9 Å². The highest BCUT2D eigenvalue weighted by Gasteiger charge is 2.30. The number of nitrogens with one attached hydrogen (secondary N) is 1. The largest absolute Gasteiger partial charge is 0.468 e. The summed E-state index contributed by atoms with van der Waals surface area (Å²) >= 11 is 1.03. The van der Waals surface area contributed by atoms with Crippen molar-refractivity contribution in [3.8, 4) is 6.07 Å². The molecule has 0 bridgehead atoms. The van der Waals surface area contributed by atoms with Gasteiger partial charge in [0.05, 0.1) is 29.5 Å². The van der Waals surface area contributed by atoms with E-state index in [9.17, 15) is 19.2 Å². The number of esters is 1. The maximum atomic E-state index is 13.4. The fourth-order valence-corrected chi connectivity index (χ4v) is 3.04. The predicted molar refractivity (Wildman–Crippen MR) is 79.0 cm³/mol. The van der Waals surface area contributed by atoms with Gasteiger partial charge in [0.2, 0.25) is 5.91 Å². The van der Waals surface area contributed by atoms with Gasteiger partial charge >= 0.3 is 5.97 Å². The van der Waals surface area contributed by atoms with E-state index in [-0.39, 0.29) is 18.1 Å². The Kier molecular flexibility index (Phi) is 5.17. The van der Waals surface area contributed by atoms with Crippen LogP contribution in [0.2, 0.25) is 0 Å². The molecule has 1 N–H and O–H groups in total. The monoisotopic (exact) mass is 320 g/mol. The van der Waals surface area contributed by atoms with E-state index in [0.29, 0.717) is 16.2 Å². The number of allylic oxidation sites excluding steroid dienone is 1. The average Bonchev–Trinajstić information content (AvgIpc) is 2.51. The number of rotatable bonds is 4. The van der Waals surface area contributed by atoms with Crippen molar-refractivity contribution >= 4 is 23.6 Å². The molecule has 0 unspecified atom stereocenters. The number of halogens is 1. The van der Waals surface area contributed by atoms with E-state index in [1.807, 2.05) is 0 Å². The van der Waals surface area contributed by atoms with Crippen molar-refractivity contribution in [1.82, 2.24) is 5.32 Å². The summed E-state index contributed by atoms with van der Waals surface area (Å²) in [7, 11) is 1.26. The van der Waals surface area contributed by atoms with Gasteiger partial charge in [-0.25, -0.2) is 4.39 Å². The summed E-state index contributed by atoms with van der Waals surface area (Å²) < 4.78 is 17.9. The van der Waals surface area contributed by atoms with Gasteiger partial charge in [0.25, 0.3) is 0 Å². The number of methoxy groups -OCH3 is 1. The second kappa shape index (κ2) is 7.09. The molecule has 0 aromatic heterocycles. The van der Waals surface area contributed by atoms with E-state index in [2.05, 4.69) is 16.1 Å². The van der Waals surface area contributed by atoms with Gasteiger partial charge in [-0.15, -0.1) is 0 Å². The molecular weight excluding hydrogens is 307 g/mol. The topological polar surface area (TPSA) is 79.2 Å².